The fraction of sp³-hybridized carbons (Fsp3) is 0.647. The number of piperidine rings is 1. The fourth-order valence-electron chi connectivity index (χ4n) is 3.86. The van der Waals surface area contributed by atoms with Crippen molar-refractivity contribution in [1.29, 1.82) is 0 Å². The van der Waals surface area contributed by atoms with E-state index in [1.165, 1.54) is 30.6 Å². The molecule has 2 N–H and O–H groups in total. The Balaban J connectivity index is 1.83. The Hall–Kier alpha value is -0.860. The van der Waals surface area contributed by atoms with E-state index in [0.29, 0.717) is 0 Å². The van der Waals surface area contributed by atoms with Crippen molar-refractivity contribution in [2.24, 2.45) is 17.6 Å². The normalized spacial score (nSPS) is 30.3. The van der Waals surface area contributed by atoms with Gasteiger partial charge in [-0.25, -0.2) is 0 Å². The van der Waals surface area contributed by atoms with Gasteiger partial charge in [-0.15, -0.1) is 0 Å². The van der Waals surface area contributed by atoms with Crippen molar-refractivity contribution >= 4 is 0 Å². The van der Waals surface area contributed by atoms with Gasteiger partial charge in [-0.2, -0.15) is 0 Å². The largest absolute Gasteiger partial charge is 0.329 e. The minimum absolute atomic E-state index is 0.193. The van der Waals surface area contributed by atoms with Crippen molar-refractivity contribution in [2.75, 3.05) is 19.6 Å². The minimum Gasteiger partial charge on any atom is -0.329 e. The molecule has 3 rings (SSSR count). The van der Waals surface area contributed by atoms with E-state index in [4.69, 9.17) is 5.73 Å². The van der Waals surface area contributed by atoms with Gasteiger partial charge in [0.15, 0.2) is 0 Å². The number of hydrogen-bond donors (Lipinski definition) is 1. The molecule has 1 aromatic carbocycles. The summed E-state index contributed by atoms with van der Waals surface area (Å²) in [4.78, 5) is 2.69. The molecule has 1 fully saturated rings. The molecule has 1 aliphatic heterocycles. The molecule has 2 atom stereocenters. The molecule has 104 valence electrons. The summed E-state index contributed by atoms with van der Waals surface area (Å²) < 4.78 is 0. The number of likely N-dealkylation sites (tertiary alicyclic amines) is 1. The van der Waals surface area contributed by atoms with Crippen LogP contribution in [0.2, 0.25) is 0 Å². The van der Waals surface area contributed by atoms with E-state index < -0.39 is 0 Å². The van der Waals surface area contributed by atoms with Crippen LogP contribution in [0.5, 0.6) is 0 Å². The second kappa shape index (κ2) is 4.92. The maximum Gasteiger partial charge on any atom is 0.0412 e. The summed E-state index contributed by atoms with van der Waals surface area (Å²) in [5, 5.41) is 0. The van der Waals surface area contributed by atoms with Gasteiger partial charge in [-0.3, -0.25) is 4.90 Å². The van der Waals surface area contributed by atoms with Gasteiger partial charge in [0.2, 0.25) is 0 Å². The molecule has 1 heterocycles. The van der Waals surface area contributed by atoms with Crippen molar-refractivity contribution in [3.05, 3.63) is 35.4 Å². The van der Waals surface area contributed by atoms with Crippen LogP contribution in [0.3, 0.4) is 0 Å². The van der Waals surface area contributed by atoms with E-state index in [2.05, 4.69) is 43.0 Å². The monoisotopic (exact) mass is 258 g/mol. The van der Waals surface area contributed by atoms with Gasteiger partial charge in [-0.05, 0) is 48.8 Å². The van der Waals surface area contributed by atoms with Crippen LogP contribution in [0.25, 0.3) is 0 Å². The molecule has 0 aromatic heterocycles. The lowest BCUT2D eigenvalue weighted by atomic mass is 9.83. The lowest BCUT2D eigenvalue weighted by Gasteiger charge is -2.46. The first kappa shape index (κ1) is 13.1. The highest BCUT2D eigenvalue weighted by Gasteiger charge is 2.42. The number of fused-ring (bicyclic) bond motifs is 1. The van der Waals surface area contributed by atoms with E-state index >= 15 is 0 Å². The first-order valence-corrected chi connectivity index (χ1v) is 7.66. The minimum atomic E-state index is 0.193. The molecule has 2 heteroatoms. The molecular weight excluding hydrogens is 232 g/mol. The third-order valence-electron chi connectivity index (χ3n) is 5.54. The zero-order chi connectivity index (χ0) is 13.5. The summed E-state index contributed by atoms with van der Waals surface area (Å²) in [5.74, 6) is 1.65. The van der Waals surface area contributed by atoms with Crippen molar-refractivity contribution in [1.82, 2.24) is 4.90 Å². The fourth-order valence-corrected chi connectivity index (χ4v) is 3.86. The SMILES string of the molecule is CC1CCN(C2(CN)Cc3ccccc3C2)CC1C. The summed E-state index contributed by atoms with van der Waals surface area (Å²) in [6.45, 7) is 8.00. The van der Waals surface area contributed by atoms with Crippen LogP contribution in [0.4, 0.5) is 0 Å². The molecule has 1 aliphatic carbocycles. The highest BCUT2D eigenvalue weighted by atomic mass is 15.2. The topological polar surface area (TPSA) is 29.3 Å². The predicted octanol–water partition coefficient (Wildman–Crippen LogP) is 2.46. The van der Waals surface area contributed by atoms with Crippen molar-refractivity contribution in [3.8, 4) is 0 Å². The Bertz CT molecular complexity index is 429. The molecule has 2 nitrogen and oxygen atoms in total. The second-order valence-electron chi connectivity index (χ2n) is 6.74. The molecule has 1 aromatic rings. The van der Waals surface area contributed by atoms with Crippen molar-refractivity contribution < 1.29 is 0 Å². The Labute approximate surface area is 117 Å². The standard InChI is InChI=1S/C17H26N2/c1-13-7-8-19(11-14(13)2)17(12-18)9-15-5-3-4-6-16(15)10-17/h3-6,13-14H,7-12,18H2,1-2H3. The Morgan fingerprint density at radius 2 is 1.79 bits per heavy atom. The van der Waals surface area contributed by atoms with Crippen LogP contribution in [0.1, 0.15) is 31.4 Å². The number of hydrogen-bond acceptors (Lipinski definition) is 2. The zero-order valence-electron chi connectivity index (χ0n) is 12.2. The average Bonchev–Trinajstić information content (AvgIpc) is 2.81. The first-order valence-electron chi connectivity index (χ1n) is 7.66. The van der Waals surface area contributed by atoms with Crippen LogP contribution in [-0.4, -0.2) is 30.1 Å². The molecular formula is C17H26N2. The van der Waals surface area contributed by atoms with E-state index in [0.717, 1.165) is 31.2 Å². The highest BCUT2D eigenvalue weighted by Crippen LogP contribution is 2.37. The predicted molar refractivity (Wildman–Crippen MR) is 80.2 cm³/mol. The molecule has 19 heavy (non-hydrogen) atoms. The summed E-state index contributed by atoms with van der Waals surface area (Å²) in [5.41, 5.74) is 9.44. The maximum atomic E-state index is 6.22. The number of nitrogens with zero attached hydrogens (tertiary/aromatic N) is 1. The van der Waals surface area contributed by atoms with Gasteiger partial charge in [0, 0.05) is 18.6 Å². The number of rotatable bonds is 2. The van der Waals surface area contributed by atoms with Crippen LogP contribution >= 0.6 is 0 Å². The average molecular weight is 258 g/mol. The van der Waals surface area contributed by atoms with Crippen molar-refractivity contribution in [2.45, 2.75) is 38.6 Å². The highest BCUT2D eigenvalue weighted by molar-refractivity contribution is 5.36. The quantitative estimate of drug-likeness (QED) is 0.883. The third-order valence-corrected chi connectivity index (χ3v) is 5.54. The molecule has 2 aliphatic rings. The maximum absolute atomic E-state index is 6.22. The molecule has 0 amide bonds. The van der Waals surface area contributed by atoms with Crippen LogP contribution < -0.4 is 5.73 Å². The van der Waals surface area contributed by atoms with Crippen LogP contribution in [0.15, 0.2) is 24.3 Å². The van der Waals surface area contributed by atoms with Crippen LogP contribution in [0, 0.1) is 11.8 Å². The molecule has 2 unspecified atom stereocenters. The van der Waals surface area contributed by atoms with Gasteiger partial charge in [0.25, 0.3) is 0 Å². The molecule has 1 saturated heterocycles. The smallest absolute Gasteiger partial charge is 0.0412 e. The van der Waals surface area contributed by atoms with E-state index in [1.54, 1.807) is 0 Å². The Morgan fingerprint density at radius 1 is 1.16 bits per heavy atom. The Morgan fingerprint density at radius 3 is 2.32 bits per heavy atom. The van der Waals surface area contributed by atoms with E-state index in [9.17, 15) is 0 Å². The van der Waals surface area contributed by atoms with Crippen LogP contribution in [-0.2, 0) is 12.8 Å². The van der Waals surface area contributed by atoms with Crippen molar-refractivity contribution in [3.63, 3.8) is 0 Å². The van der Waals surface area contributed by atoms with E-state index in [1.807, 2.05) is 0 Å². The van der Waals surface area contributed by atoms with E-state index in [-0.39, 0.29) is 5.54 Å². The van der Waals surface area contributed by atoms with Gasteiger partial charge < -0.3 is 5.73 Å². The van der Waals surface area contributed by atoms with Gasteiger partial charge in [0.05, 0.1) is 0 Å². The summed E-state index contributed by atoms with van der Waals surface area (Å²) in [6, 6.07) is 8.88. The van der Waals surface area contributed by atoms with Gasteiger partial charge in [0.1, 0.15) is 0 Å². The lowest BCUT2D eigenvalue weighted by Crippen LogP contribution is -2.58. The molecule has 0 spiro atoms. The third kappa shape index (κ3) is 2.21. The van der Waals surface area contributed by atoms with Gasteiger partial charge in [-0.1, -0.05) is 38.1 Å². The number of benzene rings is 1. The zero-order valence-corrected chi connectivity index (χ0v) is 12.2. The summed E-state index contributed by atoms with van der Waals surface area (Å²) in [6.07, 6.45) is 3.60. The first-order chi connectivity index (χ1) is 9.14. The van der Waals surface area contributed by atoms with Gasteiger partial charge >= 0.3 is 0 Å². The summed E-state index contributed by atoms with van der Waals surface area (Å²) >= 11 is 0. The molecule has 0 bridgehead atoms. The molecule has 0 radical (unpaired) electrons. The summed E-state index contributed by atoms with van der Waals surface area (Å²) in [7, 11) is 0. The molecule has 0 saturated carbocycles. The second-order valence-corrected chi connectivity index (χ2v) is 6.74. The Kier molecular flexibility index (Phi) is 3.40. The lowest BCUT2D eigenvalue weighted by molar-refractivity contribution is 0.0365. The number of nitrogens with two attached hydrogens (primary N) is 1.